The van der Waals surface area contributed by atoms with E-state index in [4.69, 9.17) is 16.3 Å². The van der Waals surface area contributed by atoms with E-state index in [9.17, 15) is 9.59 Å². The maximum absolute atomic E-state index is 13.0. The van der Waals surface area contributed by atoms with Crippen LogP contribution in [0.5, 0.6) is 5.75 Å². The Morgan fingerprint density at radius 2 is 2.21 bits per heavy atom. The maximum atomic E-state index is 13.0. The van der Waals surface area contributed by atoms with Gasteiger partial charge in [-0.1, -0.05) is 36.1 Å². The molecule has 5 rings (SSSR count). The van der Waals surface area contributed by atoms with Crippen LogP contribution in [-0.4, -0.2) is 52.9 Å². The summed E-state index contributed by atoms with van der Waals surface area (Å²) in [6.45, 7) is 4.84. The number of carbonyl (C=O) groups excluding carboxylic acids is 2. The van der Waals surface area contributed by atoms with E-state index in [-0.39, 0.29) is 17.9 Å². The number of halogens is 1. The Labute approximate surface area is 226 Å². The lowest BCUT2D eigenvalue weighted by Crippen LogP contribution is -2.42. The molecule has 194 valence electrons. The van der Waals surface area contributed by atoms with Gasteiger partial charge >= 0.3 is 0 Å². The minimum absolute atomic E-state index is 0.111. The largest absolute Gasteiger partial charge is 0.493 e. The molecule has 2 aromatic heterocycles. The number of piperidine rings is 1. The van der Waals surface area contributed by atoms with E-state index in [0.717, 1.165) is 30.5 Å². The van der Waals surface area contributed by atoms with Gasteiger partial charge in [-0.3, -0.25) is 14.6 Å². The monoisotopic (exact) mass is 529 g/mol. The second-order valence-corrected chi connectivity index (χ2v) is 9.53. The molecule has 0 saturated carbocycles. The molecule has 1 atom stereocenters. The van der Waals surface area contributed by atoms with Crippen molar-refractivity contribution in [3.05, 3.63) is 71.2 Å². The van der Waals surface area contributed by atoms with Crippen LogP contribution in [0.25, 0.3) is 11.3 Å². The second-order valence-electron chi connectivity index (χ2n) is 9.12. The smallest absolute Gasteiger partial charge is 0.255 e. The zero-order valence-electron chi connectivity index (χ0n) is 21.1. The fourth-order valence-electron chi connectivity index (χ4n) is 4.99. The molecule has 2 aliphatic rings. The van der Waals surface area contributed by atoms with Gasteiger partial charge in [-0.05, 0) is 43.5 Å². The van der Waals surface area contributed by atoms with Gasteiger partial charge in [0.1, 0.15) is 0 Å². The Morgan fingerprint density at radius 1 is 1.34 bits per heavy atom. The number of aromatic nitrogens is 2. The normalized spacial score (nSPS) is 16.5. The van der Waals surface area contributed by atoms with E-state index >= 15 is 0 Å². The number of amides is 2. The molecular weight excluding hydrogens is 502 g/mol. The summed E-state index contributed by atoms with van der Waals surface area (Å²) in [5.41, 5.74) is 4.79. The number of ether oxygens (including phenoxy) is 1. The first kappa shape index (κ1) is 25.4. The Balaban J connectivity index is 1.60. The van der Waals surface area contributed by atoms with Crippen molar-refractivity contribution < 1.29 is 14.3 Å². The van der Waals surface area contributed by atoms with Gasteiger partial charge in [0.25, 0.3) is 5.91 Å². The summed E-state index contributed by atoms with van der Waals surface area (Å²) in [5, 5.41) is 6.78. The lowest BCUT2D eigenvalue weighted by molar-refractivity contribution is -0.128. The van der Waals surface area contributed by atoms with E-state index in [1.54, 1.807) is 30.5 Å². The van der Waals surface area contributed by atoms with Crippen molar-refractivity contribution in [1.29, 1.82) is 0 Å². The third-order valence-electron chi connectivity index (χ3n) is 6.82. The zero-order chi connectivity index (χ0) is 26.6. The molecule has 1 aromatic carbocycles. The second kappa shape index (κ2) is 11.0. The van der Waals surface area contributed by atoms with Gasteiger partial charge < -0.3 is 25.3 Å². The molecule has 2 aliphatic heterocycles. The summed E-state index contributed by atoms with van der Waals surface area (Å²) in [4.78, 5) is 34.9. The molecule has 0 bridgehead atoms. The van der Waals surface area contributed by atoms with Crippen LogP contribution in [0.2, 0.25) is 5.02 Å². The lowest BCUT2D eigenvalue weighted by atomic mass is 10.0. The predicted octanol–water partition coefficient (Wildman–Crippen LogP) is 4.69. The number of hydrogen-bond donors (Lipinski definition) is 3. The molecule has 3 N–H and O–H groups in total. The molecule has 1 unspecified atom stereocenters. The van der Waals surface area contributed by atoms with Crippen LogP contribution in [0.15, 0.2) is 49.3 Å². The lowest BCUT2D eigenvalue weighted by Gasteiger charge is -2.31. The van der Waals surface area contributed by atoms with E-state index in [0.29, 0.717) is 58.5 Å². The summed E-state index contributed by atoms with van der Waals surface area (Å²) in [6, 6.07) is 7.07. The molecular formula is C29H28ClN5O3. The number of rotatable bonds is 5. The number of benzene rings is 1. The average molecular weight is 530 g/mol. The summed E-state index contributed by atoms with van der Waals surface area (Å²) >= 11 is 6.37. The number of fused-ring (bicyclic) bond motifs is 1. The van der Waals surface area contributed by atoms with Crippen molar-refractivity contribution in [2.75, 3.05) is 25.5 Å². The number of nitrogens with zero attached hydrogens (tertiary/aromatic N) is 2. The van der Waals surface area contributed by atoms with Gasteiger partial charge in [0, 0.05) is 43.2 Å². The standard InChI is InChI=1S/C29H28ClN5O3/c1-3-24(36)35-16-5-4-7-19(35)11-10-18-17-31-14-12-20(18)26-27(25-22(33-26)13-15-32-29(25)37)34-23-9-6-8-21(30)28(23)38-2/h3,6,8-9,12,14,17,19,33-34H,1,4-5,7,13,15-16H2,2H3,(H,32,37). The fraction of sp³-hybridized carbons (Fsp3) is 0.276. The van der Waals surface area contributed by atoms with Crippen molar-refractivity contribution in [3.63, 3.8) is 0 Å². The van der Waals surface area contributed by atoms with Crippen molar-refractivity contribution in [1.82, 2.24) is 20.2 Å². The number of nitrogens with one attached hydrogen (secondary N) is 3. The first-order valence-corrected chi connectivity index (χ1v) is 12.9. The minimum Gasteiger partial charge on any atom is -0.493 e. The van der Waals surface area contributed by atoms with Crippen LogP contribution in [0.1, 0.15) is 40.9 Å². The number of H-pyrrole nitrogens is 1. The quantitative estimate of drug-likeness (QED) is 0.329. The summed E-state index contributed by atoms with van der Waals surface area (Å²) in [7, 11) is 1.55. The highest BCUT2D eigenvalue weighted by molar-refractivity contribution is 6.32. The Kier molecular flexibility index (Phi) is 7.38. The van der Waals surface area contributed by atoms with E-state index in [2.05, 4.69) is 39.0 Å². The van der Waals surface area contributed by atoms with E-state index < -0.39 is 0 Å². The number of carbonyl (C=O) groups is 2. The number of aromatic amines is 1. The number of hydrogen-bond acceptors (Lipinski definition) is 5. The molecule has 1 saturated heterocycles. The van der Waals surface area contributed by atoms with Crippen molar-refractivity contribution in [2.45, 2.75) is 31.7 Å². The number of likely N-dealkylation sites (tertiary alicyclic amines) is 1. The third-order valence-corrected chi connectivity index (χ3v) is 7.12. The highest BCUT2D eigenvalue weighted by Gasteiger charge is 2.29. The maximum Gasteiger partial charge on any atom is 0.255 e. The van der Waals surface area contributed by atoms with Crippen molar-refractivity contribution in [3.8, 4) is 28.8 Å². The van der Waals surface area contributed by atoms with E-state index in [1.807, 2.05) is 18.2 Å². The van der Waals surface area contributed by atoms with Gasteiger partial charge in [-0.15, -0.1) is 0 Å². The van der Waals surface area contributed by atoms with Gasteiger partial charge in [-0.25, -0.2) is 0 Å². The van der Waals surface area contributed by atoms with Crippen molar-refractivity contribution >= 4 is 34.8 Å². The molecule has 4 heterocycles. The number of anilines is 2. The first-order valence-electron chi connectivity index (χ1n) is 12.5. The Hall–Kier alpha value is -4.22. The van der Waals surface area contributed by atoms with E-state index in [1.165, 1.54) is 6.08 Å². The fourth-order valence-corrected chi connectivity index (χ4v) is 5.24. The van der Waals surface area contributed by atoms with Crippen LogP contribution >= 0.6 is 11.6 Å². The van der Waals surface area contributed by atoms with Crippen LogP contribution in [-0.2, 0) is 11.2 Å². The summed E-state index contributed by atoms with van der Waals surface area (Å²) < 4.78 is 5.53. The van der Waals surface area contributed by atoms with Gasteiger partial charge in [0.05, 0.1) is 46.4 Å². The third kappa shape index (κ3) is 4.85. The summed E-state index contributed by atoms with van der Waals surface area (Å²) in [5.74, 6) is 6.76. The van der Waals surface area contributed by atoms with Crippen molar-refractivity contribution in [2.24, 2.45) is 0 Å². The highest BCUT2D eigenvalue weighted by atomic mass is 35.5. The molecule has 3 aromatic rings. The first-order chi connectivity index (χ1) is 18.5. The topological polar surface area (TPSA) is 99.3 Å². The Morgan fingerprint density at radius 3 is 3.03 bits per heavy atom. The summed E-state index contributed by atoms with van der Waals surface area (Å²) in [6.07, 6.45) is 8.16. The number of methoxy groups -OCH3 is 1. The molecule has 0 radical (unpaired) electrons. The molecule has 0 aliphatic carbocycles. The van der Waals surface area contributed by atoms with Crippen LogP contribution < -0.4 is 15.4 Å². The highest BCUT2D eigenvalue weighted by Crippen LogP contribution is 2.41. The molecule has 9 heteroatoms. The number of para-hydroxylation sites is 1. The molecule has 1 fully saturated rings. The number of pyridine rings is 1. The Bertz CT molecular complexity index is 1470. The molecule has 2 amide bonds. The van der Waals surface area contributed by atoms with Crippen LogP contribution in [0.3, 0.4) is 0 Å². The predicted molar refractivity (Wildman–Crippen MR) is 148 cm³/mol. The average Bonchev–Trinajstić information content (AvgIpc) is 3.31. The molecule has 8 nitrogen and oxygen atoms in total. The van der Waals surface area contributed by atoms with Crippen LogP contribution in [0.4, 0.5) is 11.4 Å². The molecule has 38 heavy (non-hydrogen) atoms. The molecule has 0 spiro atoms. The zero-order valence-corrected chi connectivity index (χ0v) is 21.8. The van der Waals surface area contributed by atoms with Gasteiger partial charge in [0.2, 0.25) is 5.91 Å². The minimum atomic E-state index is -0.196. The SMILES string of the molecule is C=CC(=O)N1CCCCC1C#Cc1cnccc1-c1[nH]c2c(c1Nc1cccc(Cl)c1OC)C(=O)NCC2. The van der Waals surface area contributed by atoms with Crippen LogP contribution in [0, 0.1) is 11.8 Å². The van der Waals surface area contributed by atoms with Gasteiger partial charge in [-0.2, -0.15) is 0 Å². The van der Waals surface area contributed by atoms with Gasteiger partial charge in [0.15, 0.2) is 5.75 Å².